The molecule has 0 aliphatic rings. The number of rotatable bonds is 5. The number of aryl methyl sites for hydroxylation is 1. The summed E-state index contributed by atoms with van der Waals surface area (Å²) in [5.74, 6) is 0.793. The Morgan fingerprint density at radius 2 is 2.28 bits per heavy atom. The van der Waals surface area contributed by atoms with Gasteiger partial charge >= 0.3 is 0 Å². The zero-order valence-electron chi connectivity index (χ0n) is 10.7. The fourth-order valence-electron chi connectivity index (χ4n) is 1.71. The molecule has 3 N–H and O–H groups in total. The molecule has 2 rings (SSSR count). The average molecular weight is 246 g/mol. The minimum absolute atomic E-state index is 0.715. The maximum atomic E-state index is 5.89. The summed E-state index contributed by atoms with van der Waals surface area (Å²) in [4.78, 5) is 0. The van der Waals surface area contributed by atoms with Crippen LogP contribution in [0.15, 0.2) is 30.6 Å². The molecule has 0 radical (unpaired) electrons. The Labute approximate surface area is 107 Å². The summed E-state index contributed by atoms with van der Waals surface area (Å²) >= 11 is 0. The number of hydrogen-bond donors (Lipinski definition) is 2. The Balaban J connectivity index is 1.93. The standard InChI is InChI=1S/C13H18N4O/c1-10-8-16-17(9-10)6-5-15-13-7-11(18-2)3-4-12(13)14/h3-4,7-9,15H,5-6,14H2,1-2H3. The molecule has 1 aromatic heterocycles. The largest absolute Gasteiger partial charge is 0.497 e. The van der Waals surface area contributed by atoms with Crippen LogP contribution in [-0.4, -0.2) is 23.4 Å². The minimum Gasteiger partial charge on any atom is -0.497 e. The summed E-state index contributed by atoms with van der Waals surface area (Å²) in [6, 6.07) is 5.57. The SMILES string of the molecule is COc1ccc(N)c(NCCn2cc(C)cn2)c1. The predicted octanol–water partition coefficient (Wildman–Crippen LogP) is 1.89. The normalized spacial score (nSPS) is 10.3. The van der Waals surface area contributed by atoms with Gasteiger partial charge in [-0.05, 0) is 24.6 Å². The topological polar surface area (TPSA) is 65.1 Å². The van der Waals surface area contributed by atoms with Gasteiger partial charge in [0.15, 0.2) is 0 Å². The van der Waals surface area contributed by atoms with E-state index in [0.717, 1.165) is 30.1 Å². The van der Waals surface area contributed by atoms with Crippen LogP contribution in [0.2, 0.25) is 0 Å². The van der Waals surface area contributed by atoms with E-state index in [1.807, 2.05) is 42.2 Å². The Hall–Kier alpha value is -2.17. The smallest absolute Gasteiger partial charge is 0.121 e. The number of nitrogens with zero attached hydrogens (tertiary/aromatic N) is 2. The summed E-state index contributed by atoms with van der Waals surface area (Å²) in [6.07, 6.45) is 3.86. The van der Waals surface area contributed by atoms with E-state index in [4.69, 9.17) is 10.5 Å². The van der Waals surface area contributed by atoms with Crippen LogP contribution in [-0.2, 0) is 6.54 Å². The van der Waals surface area contributed by atoms with E-state index in [9.17, 15) is 0 Å². The van der Waals surface area contributed by atoms with Crippen molar-refractivity contribution in [2.24, 2.45) is 0 Å². The summed E-state index contributed by atoms with van der Waals surface area (Å²) in [6.45, 7) is 3.58. The number of ether oxygens (including phenoxy) is 1. The highest BCUT2D eigenvalue weighted by atomic mass is 16.5. The highest BCUT2D eigenvalue weighted by Gasteiger charge is 2.01. The zero-order valence-corrected chi connectivity index (χ0v) is 10.7. The molecule has 96 valence electrons. The minimum atomic E-state index is 0.715. The molecule has 18 heavy (non-hydrogen) atoms. The lowest BCUT2D eigenvalue weighted by Gasteiger charge is -2.10. The van der Waals surface area contributed by atoms with Gasteiger partial charge in [0, 0.05) is 18.8 Å². The van der Waals surface area contributed by atoms with Crippen LogP contribution in [0.3, 0.4) is 0 Å². The lowest BCUT2D eigenvalue weighted by Crippen LogP contribution is -2.11. The fraction of sp³-hybridized carbons (Fsp3) is 0.308. The molecule has 0 unspecified atom stereocenters. The lowest BCUT2D eigenvalue weighted by molar-refractivity contribution is 0.415. The van der Waals surface area contributed by atoms with Gasteiger partial charge in [-0.1, -0.05) is 0 Å². The number of nitrogens with two attached hydrogens (primary N) is 1. The first-order chi connectivity index (χ1) is 8.69. The van der Waals surface area contributed by atoms with E-state index >= 15 is 0 Å². The van der Waals surface area contributed by atoms with E-state index < -0.39 is 0 Å². The van der Waals surface area contributed by atoms with Crippen LogP contribution >= 0.6 is 0 Å². The first kappa shape index (κ1) is 12.3. The van der Waals surface area contributed by atoms with Crippen molar-refractivity contribution < 1.29 is 4.74 Å². The van der Waals surface area contributed by atoms with E-state index in [0.29, 0.717) is 5.69 Å². The summed E-state index contributed by atoms with van der Waals surface area (Å²) in [7, 11) is 1.64. The molecule has 0 fully saturated rings. The van der Waals surface area contributed by atoms with Crippen molar-refractivity contribution in [1.29, 1.82) is 0 Å². The molecule has 0 atom stereocenters. The van der Waals surface area contributed by atoms with Crippen molar-refractivity contribution >= 4 is 11.4 Å². The van der Waals surface area contributed by atoms with Gasteiger partial charge in [-0.15, -0.1) is 0 Å². The number of methoxy groups -OCH3 is 1. The van der Waals surface area contributed by atoms with Crippen molar-refractivity contribution in [3.63, 3.8) is 0 Å². The maximum Gasteiger partial charge on any atom is 0.121 e. The molecule has 0 saturated heterocycles. The van der Waals surface area contributed by atoms with Gasteiger partial charge in [-0.2, -0.15) is 5.10 Å². The van der Waals surface area contributed by atoms with Crippen molar-refractivity contribution in [3.8, 4) is 5.75 Å². The molecule has 0 bridgehead atoms. The second kappa shape index (κ2) is 5.44. The van der Waals surface area contributed by atoms with Gasteiger partial charge in [-0.25, -0.2) is 0 Å². The van der Waals surface area contributed by atoms with Crippen molar-refractivity contribution in [3.05, 3.63) is 36.2 Å². The number of nitrogen functional groups attached to an aromatic ring is 1. The molecule has 5 heteroatoms. The third-order valence-corrected chi connectivity index (χ3v) is 2.68. The monoisotopic (exact) mass is 246 g/mol. The van der Waals surface area contributed by atoms with Crippen molar-refractivity contribution in [2.75, 3.05) is 24.7 Å². The number of hydrogen-bond acceptors (Lipinski definition) is 4. The third kappa shape index (κ3) is 2.94. The quantitative estimate of drug-likeness (QED) is 0.791. The second-order valence-electron chi connectivity index (χ2n) is 4.16. The molecular weight excluding hydrogens is 228 g/mol. The summed E-state index contributed by atoms with van der Waals surface area (Å²) in [5.41, 5.74) is 8.65. The maximum absolute atomic E-state index is 5.89. The zero-order chi connectivity index (χ0) is 13.0. The predicted molar refractivity (Wildman–Crippen MR) is 72.9 cm³/mol. The van der Waals surface area contributed by atoms with Gasteiger partial charge in [0.25, 0.3) is 0 Å². The molecule has 5 nitrogen and oxygen atoms in total. The van der Waals surface area contributed by atoms with Gasteiger partial charge in [0.1, 0.15) is 5.75 Å². The fourth-order valence-corrected chi connectivity index (χ4v) is 1.71. The number of anilines is 2. The summed E-state index contributed by atoms with van der Waals surface area (Å²) in [5, 5.41) is 7.50. The highest BCUT2D eigenvalue weighted by molar-refractivity contribution is 5.68. The van der Waals surface area contributed by atoms with Gasteiger partial charge in [-0.3, -0.25) is 4.68 Å². The summed E-state index contributed by atoms with van der Waals surface area (Å²) < 4.78 is 7.07. The molecule has 1 aromatic carbocycles. The van der Waals surface area contributed by atoms with E-state index in [-0.39, 0.29) is 0 Å². The third-order valence-electron chi connectivity index (χ3n) is 2.68. The number of aromatic nitrogens is 2. The molecule has 1 heterocycles. The van der Waals surface area contributed by atoms with Crippen LogP contribution in [0.5, 0.6) is 5.75 Å². The Kier molecular flexibility index (Phi) is 3.72. The first-order valence-corrected chi connectivity index (χ1v) is 5.85. The molecule has 0 aliphatic heterocycles. The van der Waals surface area contributed by atoms with Crippen LogP contribution < -0.4 is 15.8 Å². The molecule has 0 amide bonds. The lowest BCUT2D eigenvalue weighted by atomic mass is 10.2. The molecule has 0 spiro atoms. The van der Waals surface area contributed by atoms with Crippen LogP contribution in [0.25, 0.3) is 0 Å². The van der Waals surface area contributed by atoms with Crippen LogP contribution in [0, 0.1) is 6.92 Å². The number of benzene rings is 1. The Bertz CT molecular complexity index is 521. The van der Waals surface area contributed by atoms with E-state index in [2.05, 4.69) is 10.4 Å². The van der Waals surface area contributed by atoms with E-state index in [1.54, 1.807) is 7.11 Å². The number of nitrogens with one attached hydrogen (secondary N) is 1. The molecule has 0 aliphatic carbocycles. The van der Waals surface area contributed by atoms with E-state index in [1.165, 1.54) is 0 Å². The van der Waals surface area contributed by atoms with Gasteiger partial charge < -0.3 is 15.8 Å². The van der Waals surface area contributed by atoms with Crippen molar-refractivity contribution in [1.82, 2.24) is 9.78 Å². The van der Waals surface area contributed by atoms with Crippen molar-refractivity contribution in [2.45, 2.75) is 13.5 Å². The molecule has 0 saturated carbocycles. The van der Waals surface area contributed by atoms with Crippen LogP contribution in [0.4, 0.5) is 11.4 Å². The average Bonchev–Trinajstić information content (AvgIpc) is 2.77. The van der Waals surface area contributed by atoms with Gasteiger partial charge in [0.05, 0.1) is 31.2 Å². The highest BCUT2D eigenvalue weighted by Crippen LogP contribution is 2.23. The second-order valence-corrected chi connectivity index (χ2v) is 4.16. The molecule has 2 aromatic rings. The van der Waals surface area contributed by atoms with Gasteiger partial charge in [0.2, 0.25) is 0 Å². The molecular formula is C13H18N4O. The Morgan fingerprint density at radius 1 is 1.44 bits per heavy atom. The van der Waals surface area contributed by atoms with Crippen LogP contribution in [0.1, 0.15) is 5.56 Å². The first-order valence-electron chi connectivity index (χ1n) is 5.85. The Morgan fingerprint density at radius 3 is 2.94 bits per heavy atom.